The Hall–Kier alpha value is -3.34. The van der Waals surface area contributed by atoms with E-state index >= 15 is 0 Å². The number of alkyl halides is 1. The van der Waals surface area contributed by atoms with Crippen LogP contribution in [-0.2, 0) is 0 Å². The fourth-order valence-electron chi connectivity index (χ4n) is 4.75. The monoisotopic (exact) mass is 482 g/mol. The van der Waals surface area contributed by atoms with Gasteiger partial charge in [-0.2, -0.15) is 4.39 Å². The SMILES string of the molecule is FC1=CC(F)C(NC2=NC=CC(c3nc(N[C@@H]4CCNC4)c4c(C5CC5)cncc4n3)C2)N=C1F. The number of dihydropyridines is 1. The van der Waals surface area contributed by atoms with Gasteiger partial charge in [-0.15, -0.1) is 0 Å². The lowest BCUT2D eigenvalue weighted by Gasteiger charge is -2.24. The number of nitrogens with one attached hydrogen (secondary N) is 3. The van der Waals surface area contributed by atoms with E-state index in [0.29, 0.717) is 30.1 Å². The number of aromatic nitrogens is 3. The lowest BCUT2D eigenvalue weighted by Crippen LogP contribution is -2.42. The minimum absolute atomic E-state index is 0.242. The number of hydrogen-bond acceptors (Lipinski definition) is 8. The van der Waals surface area contributed by atoms with Gasteiger partial charge in [0, 0.05) is 42.7 Å². The molecular weight excluding hydrogens is 457 g/mol. The highest BCUT2D eigenvalue weighted by Gasteiger charge is 2.31. The van der Waals surface area contributed by atoms with Gasteiger partial charge in [-0.25, -0.2) is 28.7 Å². The van der Waals surface area contributed by atoms with Crippen LogP contribution in [0.4, 0.5) is 19.0 Å². The molecule has 3 aliphatic heterocycles. The molecule has 6 rings (SSSR count). The zero-order valence-corrected chi connectivity index (χ0v) is 18.9. The standard InChI is InChI=1S/C24H25F3N8/c25-16-8-17(26)23(34-21(16)27)33-19-7-13(3-6-30-19)22-32-18-11-29-10-15(12-1-2-12)20(18)24(35-22)31-14-4-5-28-9-14/h3,6,8,10-14,17,23,28H,1-2,4-5,7,9H2,(H,30,33)(H,31,32,35)/t13?,14-,17?,23?/m1/s1. The van der Waals surface area contributed by atoms with Gasteiger partial charge in [0.1, 0.15) is 17.5 Å². The number of nitrogens with zero attached hydrogens (tertiary/aromatic N) is 5. The van der Waals surface area contributed by atoms with Crippen molar-refractivity contribution in [1.29, 1.82) is 0 Å². The Morgan fingerprint density at radius 3 is 2.74 bits per heavy atom. The highest BCUT2D eigenvalue weighted by atomic mass is 19.2. The van der Waals surface area contributed by atoms with E-state index in [9.17, 15) is 13.2 Å². The maximum atomic E-state index is 14.2. The maximum Gasteiger partial charge on any atom is 0.246 e. The summed E-state index contributed by atoms with van der Waals surface area (Å²) >= 11 is 0. The van der Waals surface area contributed by atoms with E-state index in [1.807, 2.05) is 12.3 Å². The van der Waals surface area contributed by atoms with Crippen molar-refractivity contribution in [2.75, 3.05) is 18.4 Å². The molecule has 0 aromatic carbocycles. The van der Waals surface area contributed by atoms with Crippen LogP contribution in [0.3, 0.4) is 0 Å². The third-order valence-electron chi connectivity index (χ3n) is 6.74. The number of aliphatic imine (C=N–C) groups is 2. The first-order valence-electron chi connectivity index (χ1n) is 11.9. The predicted molar refractivity (Wildman–Crippen MR) is 128 cm³/mol. The van der Waals surface area contributed by atoms with Gasteiger partial charge in [-0.05, 0) is 43.4 Å². The number of fused-ring (bicyclic) bond motifs is 1. The van der Waals surface area contributed by atoms with E-state index in [4.69, 9.17) is 9.97 Å². The minimum atomic E-state index is -1.80. The van der Waals surface area contributed by atoms with Gasteiger partial charge in [-0.3, -0.25) is 4.98 Å². The summed E-state index contributed by atoms with van der Waals surface area (Å²) in [4.78, 5) is 21.9. The smallest absolute Gasteiger partial charge is 0.246 e. The van der Waals surface area contributed by atoms with Crippen LogP contribution in [-0.4, -0.2) is 58.2 Å². The van der Waals surface area contributed by atoms with Gasteiger partial charge in [0.15, 0.2) is 18.2 Å². The molecule has 2 fully saturated rings. The molecule has 2 aromatic heterocycles. The van der Waals surface area contributed by atoms with Crippen LogP contribution < -0.4 is 16.0 Å². The third kappa shape index (κ3) is 4.52. The van der Waals surface area contributed by atoms with Crippen LogP contribution in [0.25, 0.3) is 10.9 Å². The lowest BCUT2D eigenvalue weighted by atomic mass is 10.0. The Balaban J connectivity index is 1.29. The zero-order valence-electron chi connectivity index (χ0n) is 18.9. The van der Waals surface area contributed by atoms with Gasteiger partial charge in [0.05, 0.1) is 11.7 Å². The summed E-state index contributed by atoms with van der Waals surface area (Å²) in [6.45, 7) is 1.83. The summed E-state index contributed by atoms with van der Waals surface area (Å²) in [5, 5.41) is 10.8. The average Bonchev–Trinajstić information content (AvgIpc) is 3.58. The van der Waals surface area contributed by atoms with Crippen molar-refractivity contribution in [2.45, 2.75) is 55.9 Å². The maximum absolute atomic E-state index is 14.2. The largest absolute Gasteiger partial charge is 0.365 e. The zero-order chi connectivity index (χ0) is 23.9. The third-order valence-corrected chi connectivity index (χ3v) is 6.74. The van der Waals surface area contributed by atoms with Crippen molar-refractivity contribution < 1.29 is 13.2 Å². The summed E-state index contributed by atoms with van der Waals surface area (Å²) in [6, 6.07) is 0.274. The molecule has 3 N–H and O–H groups in total. The first-order valence-corrected chi connectivity index (χ1v) is 11.9. The molecule has 11 heteroatoms. The van der Waals surface area contributed by atoms with Crippen molar-refractivity contribution >= 4 is 28.5 Å². The predicted octanol–water partition coefficient (Wildman–Crippen LogP) is 3.56. The molecule has 2 aromatic rings. The second-order valence-electron chi connectivity index (χ2n) is 9.36. The second-order valence-corrected chi connectivity index (χ2v) is 9.36. The lowest BCUT2D eigenvalue weighted by molar-refractivity contribution is 0.315. The molecule has 4 atom stereocenters. The number of anilines is 1. The number of amidine groups is 1. The van der Waals surface area contributed by atoms with E-state index in [-0.39, 0.29) is 12.0 Å². The van der Waals surface area contributed by atoms with E-state index in [0.717, 1.165) is 49.1 Å². The topological polar surface area (TPSA) is 99.5 Å². The summed E-state index contributed by atoms with van der Waals surface area (Å²) in [6.07, 6.45) is 8.27. The van der Waals surface area contributed by atoms with E-state index in [1.54, 1.807) is 12.4 Å². The molecule has 35 heavy (non-hydrogen) atoms. The number of allylic oxidation sites excluding steroid dienone is 2. The van der Waals surface area contributed by atoms with Crippen molar-refractivity contribution in [2.24, 2.45) is 9.98 Å². The normalized spacial score (nSPS) is 28.5. The van der Waals surface area contributed by atoms with Crippen LogP contribution in [0, 0.1) is 0 Å². The molecule has 0 radical (unpaired) electrons. The molecule has 5 heterocycles. The van der Waals surface area contributed by atoms with Crippen molar-refractivity contribution in [3.8, 4) is 0 Å². The molecule has 1 aliphatic carbocycles. The molecule has 1 saturated heterocycles. The summed E-state index contributed by atoms with van der Waals surface area (Å²) in [7, 11) is 0. The van der Waals surface area contributed by atoms with Crippen molar-refractivity contribution in [3.63, 3.8) is 0 Å². The molecule has 0 amide bonds. The van der Waals surface area contributed by atoms with Gasteiger partial charge in [0.2, 0.25) is 5.97 Å². The number of hydrogen-bond donors (Lipinski definition) is 3. The first-order chi connectivity index (χ1) is 17.0. The van der Waals surface area contributed by atoms with Crippen LogP contribution >= 0.6 is 0 Å². The van der Waals surface area contributed by atoms with E-state index in [1.165, 1.54) is 5.56 Å². The van der Waals surface area contributed by atoms with Gasteiger partial charge < -0.3 is 16.0 Å². The Morgan fingerprint density at radius 2 is 1.94 bits per heavy atom. The van der Waals surface area contributed by atoms with Crippen molar-refractivity contribution in [1.82, 2.24) is 25.6 Å². The van der Waals surface area contributed by atoms with Gasteiger partial charge >= 0.3 is 0 Å². The second kappa shape index (κ2) is 9.03. The quantitative estimate of drug-likeness (QED) is 0.603. The Bertz CT molecular complexity index is 1260. The summed E-state index contributed by atoms with van der Waals surface area (Å²) in [5.74, 6) is -0.572. The Kier molecular flexibility index (Phi) is 5.71. The number of halogens is 3. The molecule has 3 unspecified atom stereocenters. The highest BCUT2D eigenvalue weighted by molar-refractivity contribution is 5.93. The molecule has 182 valence electrons. The fraction of sp³-hybridized carbons (Fsp3) is 0.458. The molecular formula is C24H25F3N8. The minimum Gasteiger partial charge on any atom is -0.365 e. The molecule has 1 saturated carbocycles. The van der Waals surface area contributed by atoms with Crippen LogP contribution in [0.2, 0.25) is 0 Å². The van der Waals surface area contributed by atoms with Crippen molar-refractivity contribution in [3.05, 3.63) is 48.0 Å². The summed E-state index contributed by atoms with van der Waals surface area (Å²) < 4.78 is 41.0. The van der Waals surface area contributed by atoms with Crippen LogP contribution in [0.15, 0.2) is 46.6 Å². The van der Waals surface area contributed by atoms with Gasteiger partial charge in [0.25, 0.3) is 0 Å². The van der Waals surface area contributed by atoms with E-state index in [2.05, 4.69) is 30.9 Å². The average molecular weight is 483 g/mol. The number of rotatable bonds is 5. The Morgan fingerprint density at radius 1 is 1.06 bits per heavy atom. The highest BCUT2D eigenvalue weighted by Crippen LogP contribution is 2.44. The Labute approximate surface area is 200 Å². The first kappa shape index (κ1) is 22.1. The molecule has 0 bridgehead atoms. The van der Waals surface area contributed by atoms with Gasteiger partial charge in [-0.1, -0.05) is 6.08 Å². The number of pyridine rings is 1. The summed E-state index contributed by atoms with van der Waals surface area (Å²) in [5.41, 5.74) is 1.96. The molecule has 4 aliphatic rings. The van der Waals surface area contributed by atoms with Crippen LogP contribution in [0.1, 0.15) is 48.9 Å². The molecule has 8 nitrogen and oxygen atoms in total. The fourth-order valence-corrected chi connectivity index (χ4v) is 4.75. The van der Waals surface area contributed by atoms with Crippen LogP contribution in [0.5, 0.6) is 0 Å². The molecule has 0 spiro atoms. The van der Waals surface area contributed by atoms with E-state index < -0.39 is 24.1 Å².